The zero-order valence-corrected chi connectivity index (χ0v) is 17.2. The van der Waals surface area contributed by atoms with E-state index in [2.05, 4.69) is 19.9 Å². The standard InChI is InChI=1S/C21H23FN6OS/c22-11-17-18-10-14-12-24-20(26-15-4-6-16(7-5-15)30(23)29)27-19(14)28(18)21(13-25-17)8-2-1-3-9-21/h4-7,10,12-13,17H,1-3,8-9,11,23H2,(H,24,26,27). The van der Waals surface area contributed by atoms with Crippen molar-refractivity contribution in [2.24, 2.45) is 10.1 Å². The first-order valence-corrected chi connectivity index (χ1v) is 11.3. The van der Waals surface area contributed by atoms with Gasteiger partial charge in [0.1, 0.15) is 29.3 Å². The van der Waals surface area contributed by atoms with Crippen LogP contribution in [-0.2, 0) is 16.5 Å². The van der Waals surface area contributed by atoms with Crippen LogP contribution in [0.15, 0.2) is 46.4 Å². The largest absolute Gasteiger partial charge is 0.324 e. The number of fused-ring (bicyclic) bond motifs is 4. The van der Waals surface area contributed by atoms with Crippen LogP contribution < -0.4 is 10.5 Å². The molecule has 0 radical (unpaired) electrons. The molecule has 1 fully saturated rings. The predicted molar refractivity (Wildman–Crippen MR) is 116 cm³/mol. The van der Waals surface area contributed by atoms with Crippen molar-refractivity contribution >= 4 is 39.9 Å². The van der Waals surface area contributed by atoms with Crippen molar-refractivity contribution in [1.29, 1.82) is 0 Å². The summed E-state index contributed by atoms with van der Waals surface area (Å²) in [6.07, 6.45) is 9.15. The minimum Gasteiger partial charge on any atom is -0.324 e. The molecule has 9 heteroatoms. The quantitative estimate of drug-likeness (QED) is 0.661. The van der Waals surface area contributed by atoms with E-state index in [1.807, 2.05) is 12.3 Å². The molecule has 3 aromatic rings. The second kappa shape index (κ2) is 7.55. The SMILES string of the molecule is NS(=O)c1ccc(Nc2ncc3cc4n(c3n2)C2(C=NC4CF)CCCCC2)cc1. The van der Waals surface area contributed by atoms with Crippen LogP contribution in [0.5, 0.6) is 0 Å². The number of aliphatic imine (C=N–C) groups is 1. The lowest BCUT2D eigenvalue weighted by Crippen LogP contribution is -2.41. The van der Waals surface area contributed by atoms with Crippen LogP contribution in [0, 0.1) is 0 Å². The van der Waals surface area contributed by atoms with Crippen LogP contribution in [0.3, 0.4) is 0 Å². The van der Waals surface area contributed by atoms with Crippen molar-refractivity contribution in [3.8, 4) is 0 Å². The Hall–Kier alpha value is -2.65. The molecule has 3 N–H and O–H groups in total. The lowest BCUT2D eigenvalue weighted by atomic mass is 9.81. The minimum atomic E-state index is -1.51. The van der Waals surface area contributed by atoms with Crippen molar-refractivity contribution in [2.45, 2.75) is 48.6 Å². The summed E-state index contributed by atoms with van der Waals surface area (Å²) in [6, 6.07) is 8.46. The molecule has 2 atom stereocenters. The van der Waals surface area contributed by atoms with Crippen LogP contribution in [0.25, 0.3) is 11.0 Å². The Morgan fingerprint density at radius 1 is 1.23 bits per heavy atom. The maximum absolute atomic E-state index is 13.7. The number of aromatic nitrogens is 3. The Kier molecular flexibility index (Phi) is 4.86. The van der Waals surface area contributed by atoms with Gasteiger partial charge in [-0.3, -0.25) is 4.99 Å². The van der Waals surface area contributed by atoms with Crippen molar-refractivity contribution < 1.29 is 8.60 Å². The van der Waals surface area contributed by atoms with Gasteiger partial charge in [-0.05, 0) is 43.2 Å². The third kappa shape index (κ3) is 3.22. The van der Waals surface area contributed by atoms with Crippen molar-refractivity contribution in [1.82, 2.24) is 14.5 Å². The Morgan fingerprint density at radius 3 is 2.70 bits per heavy atom. The summed E-state index contributed by atoms with van der Waals surface area (Å²) in [5.74, 6) is 0.454. The molecule has 156 valence electrons. The van der Waals surface area contributed by atoms with E-state index < -0.39 is 23.7 Å². The summed E-state index contributed by atoms with van der Waals surface area (Å²) >= 11 is 0. The van der Waals surface area contributed by atoms with Gasteiger partial charge < -0.3 is 9.88 Å². The highest BCUT2D eigenvalue weighted by Gasteiger charge is 2.39. The number of benzene rings is 1. The predicted octanol–water partition coefficient (Wildman–Crippen LogP) is 3.91. The second-order valence-corrected chi connectivity index (χ2v) is 9.00. The van der Waals surface area contributed by atoms with Crippen molar-refractivity contribution in [2.75, 3.05) is 12.0 Å². The zero-order valence-electron chi connectivity index (χ0n) is 16.4. The zero-order chi connectivity index (χ0) is 20.7. The van der Waals surface area contributed by atoms with Crippen LogP contribution in [0.1, 0.15) is 43.8 Å². The first-order valence-electron chi connectivity index (χ1n) is 10.1. The van der Waals surface area contributed by atoms with E-state index in [0.717, 1.165) is 48.1 Å². The normalized spacial score (nSPS) is 20.9. The number of halogens is 1. The topological polar surface area (TPSA) is 98.2 Å². The maximum Gasteiger partial charge on any atom is 0.229 e. The average Bonchev–Trinajstić information content (AvgIpc) is 3.15. The lowest BCUT2D eigenvalue weighted by Gasteiger charge is -2.40. The van der Waals surface area contributed by atoms with Gasteiger partial charge in [0.05, 0.1) is 10.4 Å². The summed E-state index contributed by atoms with van der Waals surface area (Å²) in [5.41, 5.74) is 2.20. The Balaban J connectivity index is 1.56. The van der Waals surface area contributed by atoms with Crippen LogP contribution in [0.4, 0.5) is 16.0 Å². The molecule has 2 unspecified atom stereocenters. The number of hydrogen-bond donors (Lipinski definition) is 2. The van der Waals surface area contributed by atoms with E-state index in [-0.39, 0.29) is 5.54 Å². The first-order chi connectivity index (χ1) is 14.6. The fourth-order valence-corrected chi connectivity index (χ4v) is 4.99. The molecule has 1 aromatic carbocycles. The Labute approximate surface area is 176 Å². The average molecular weight is 427 g/mol. The molecule has 1 saturated carbocycles. The van der Waals surface area contributed by atoms with Gasteiger partial charge in [0.15, 0.2) is 0 Å². The van der Waals surface area contributed by atoms with Gasteiger partial charge in [-0.1, -0.05) is 19.3 Å². The highest BCUT2D eigenvalue weighted by Crippen LogP contribution is 2.42. The van der Waals surface area contributed by atoms with E-state index in [1.54, 1.807) is 30.5 Å². The van der Waals surface area contributed by atoms with Gasteiger partial charge in [-0.15, -0.1) is 0 Å². The van der Waals surface area contributed by atoms with Crippen molar-refractivity contribution in [3.05, 3.63) is 42.2 Å². The van der Waals surface area contributed by atoms with Crippen LogP contribution >= 0.6 is 0 Å². The molecule has 30 heavy (non-hydrogen) atoms. The van der Waals surface area contributed by atoms with Gasteiger partial charge in [-0.25, -0.2) is 18.7 Å². The summed E-state index contributed by atoms with van der Waals surface area (Å²) in [5, 5.41) is 9.49. The van der Waals surface area contributed by atoms with Crippen LogP contribution in [0.2, 0.25) is 0 Å². The smallest absolute Gasteiger partial charge is 0.229 e. The second-order valence-electron chi connectivity index (χ2n) is 7.94. The number of nitrogens with one attached hydrogen (secondary N) is 1. The molecule has 2 aromatic heterocycles. The highest BCUT2D eigenvalue weighted by molar-refractivity contribution is 7.82. The lowest BCUT2D eigenvalue weighted by molar-refractivity contribution is 0.269. The number of hydrogen-bond acceptors (Lipinski definition) is 5. The van der Waals surface area contributed by atoms with Gasteiger partial charge in [0.25, 0.3) is 0 Å². The summed E-state index contributed by atoms with van der Waals surface area (Å²) in [6.45, 7) is -0.531. The maximum atomic E-state index is 13.7. The molecule has 3 heterocycles. The van der Waals surface area contributed by atoms with Gasteiger partial charge in [0.2, 0.25) is 5.95 Å². The molecule has 2 aliphatic rings. The number of alkyl halides is 1. The molecule has 7 nitrogen and oxygen atoms in total. The molecule has 0 saturated heterocycles. The number of nitrogens with zero attached hydrogens (tertiary/aromatic N) is 4. The fourth-order valence-electron chi connectivity index (χ4n) is 4.58. The van der Waals surface area contributed by atoms with Gasteiger partial charge in [-0.2, -0.15) is 4.98 Å². The summed E-state index contributed by atoms with van der Waals surface area (Å²) in [4.78, 5) is 14.3. The molecule has 1 aliphatic carbocycles. The minimum absolute atomic E-state index is 0.237. The van der Waals surface area contributed by atoms with Crippen molar-refractivity contribution in [3.63, 3.8) is 0 Å². The molecule has 5 rings (SSSR count). The number of anilines is 2. The monoisotopic (exact) mass is 426 g/mol. The van der Waals surface area contributed by atoms with E-state index in [1.165, 1.54) is 6.42 Å². The third-order valence-corrected chi connectivity index (χ3v) is 6.80. The molecular weight excluding hydrogens is 403 g/mol. The first kappa shape index (κ1) is 19.3. The van der Waals surface area contributed by atoms with Gasteiger partial charge >= 0.3 is 0 Å². The number of rotatable bonds is 4. The highest BCUT2D eigenvalue weighted by atomic mass is 32.2. The van der Waals surface area contributed by atoms with E-state index in [9.17, 15) is 8.60 Å². The molecule has 0 bridgehead atoms. The molecule has 1 spiro atoms. The molecular formula is C21H23FN6OS. The Bertz CT molecular complexity index is 1140. The van der Waals surface area contributed by atoms with E-state index in [0.29, 0.717) is 10.8 Å². The van der Waals surface area contributed by atoms with Gasteiger partial charge in [0, 0.05) is 29.2 Å². The Morgan fingerprint density at radius 2 is 2.00 bits per heavy atom. The number of nitrogens with two attached hydrogens (primary N) is 1. The fraction of sp³-hybridized carbons (Fsp3) is 0.381. The van der Waals surface area contributed by atoms with E-state index >= 15 is 0 Å². The third-order valence-electron chi connectivity index (χ3n) is 6.06. The van der Waals surface area contributed by atoms with E-state index in [4.69, 9.17) is 10.1 Å². The molecule has 1 aliphatic heterocycles. The summed E-state index contributed by atoms with van der Waals surface area (Å²) in [7, 11) is -1.51. The molecule has 0 amide bonds. The van der Waals surface area contributed by atoms with Crippen LogP contribution in [-0.4, -0.2) is 31.6 Å². The summed E-state index contributed by atoms with van der Waals surface area (Å²) < 4.78 is 27.3.